The number of fused-ring (bicyclic) bond motifs is 1. The number of nitrogens with zero attached hydrogens (tertiary/aromatic N) is 4. The molecule has 164 valence electrons. The molecule has 0 aromatic carbocycles. The van der Waals surface area contributed by atoms with Crippen LogP contribution < -0.4 is 10.6 Å². The summed E-state index contributed by atoms with van der Waals surface area (Å²) in [6.45, 7) is -1.46. The first-order valence-corrected chi connectivity index (χ1v) is 9.71. The molecule has 3 N–H and O–H groups in total. The fourth-order valence-electron chi connectivity index (χ4n) is 3.77. The second kappa shape index (κ2) is 8.08. The summed E-state index contributed by atoms with van der Waals surface area (Å²) >= 11 is 0. The molecule has 0 atom stereocenters. The number of halogens is 4. The van der Waals surface area contributed by atoms with E-state index in [2.05, 4.69) is 30.2 Å². The lowest BCUT2D eigenvalue weighted by Gasteiger charge is -2.37. The molecular weight excluding hydrogens is 418 g/mol. The zero-order valence-electron chi connectivity index (χ0n) is 16.3. The van der Waals surface area contributed by atoms with E-state index in [1.165, 1.54) is 6.33 Å². The lowest BCUT2D eigenvalue weighted by atomic mass is 9.80. The Labute approximate surface area is 173 Å². The molecule has 3 aromatic heterocycles. The molecule has 1 fully saturated rings. The Bertz CT molecular complexity index is 1090. The predicted octanol–water partition coefficient (Wildman–Crippen LogP) is 3.35. The van der Waals surface area contributed by atoms with Crippen LogP contribution in [0.2, 0.25) is 0 Å². The molecule has 0 radical (unpaired) electrons. The maximum Gasteiger partial charge on any atom is 0.405 e. The standard InChI is InChI=1S/C19H19F4N7O/c20-13-8-26-15(12-7-25-14-11(12)6-24-10-28-14)29-16(13)30-18(4-2-1-3-5-18)17(31)27-9-19(21,22)23/h6-8,10H,1-5,9H2,(H,27,31)(H,24,25,28)(H,26,29,30). The van der Waals surface area contributed by atoms with E-state index >= 15 is 0 Å². The highest BCUT2D eigenvalue weighted by molar-refractivity contribution is 5.91. The van der Waals surface area contributed by atoms with Gasteiger partial charge >= 0.3 is 6.18 Å². The summed E-state index contributed by atoms with van der Waals surface area (Å²) in [5.41, 5.74) is -0.320. The summed E-state index contributed by atoms with van der Waals surface area (Å²) in [6, 6.07) is 0. The van der Waals surface area contributed by atoms with Crippen LogP contribution >= 0.6 is 0 Å². The van der Waals surface area contributed by atoms with Crippen molar-refractivity contribution >= 4 is 22.8 Å². The monoisotopic (exact) mass is 437 g/mol. The van der Waals surface area contributed by atoms with Gasteiger partial charge in [0.15, 0.2) is 17.5 Å². The van der Waals surface area contributed by atoms with Gasteiger partial charge in [-0.2, -0.15) is 13.2 Å². The summed E-state index contributed by atoms with van der Waals surface area (Å²) in [4.78, 5) is 31.9. The molecule has 1 aliphatic carbocycles. The van der Waals surface area contributed by atoms with Gasteiger partial charge in [-0.05, 0) is 12.8 Å². The van der Waals surface area contributed by atoms with Gasteiger partial charge in [0.2, 0.25) is 5.91 Å². The zero-order chi connectivity index (χ0) is 22.1. The molecule has 0 unspecified atom stereocenters. The Kier molecular flexibility index (Phi) is 5.46. The van der Waals surface area contributed by atoms with Crippen LogP contribution in [0.5, 0.6) is 0 Å². The number of carbonyl (C=O) groups is 1. The van der Waals surface area contributed by atoms with Gasteiger partial charge < -0.3 is 15.6 Å². The molecule has 12 heteroatoms. The average Bonchev–Trinajstić information content (AvgIpc) is 3.18. The molecule has 3 heterocycles. The highest BCUT2D eigenvalue weighted by atomic mass is 19.4. The molecule has 1 saturated carbocycles. The molecule has 4 rings (SSSR count). The van der Waals surface area contributed by atoms with Crippen molar-refractivity contribution in [1.82, 2.24) is 30.2 Å². The lowest BCUT2D eigenvalue weighted by molar-refractivity contribution is -0.141. The number of anilines is 1. The van der Waals surface area contributed by atoms with Gasteiger partial charge in [-0.1, -0.05) is 19.3 Å². The zero-order valence-corrected chi connectivity index (χ0v) is 16.3. The van der Waals surface area contributed by atoms with Crippen molar-refractivity contribution in [3.05, 3.63) is 30.7 Å². The van der Waals surface area contributed by atoms with Gasteiger partial charge in [-0.25, -0.2) is 24.3 Å². The van der Waals surface area contributed by atoms with Gasteiger partial charge in [0.05, 0.1) is 6.20 Å². The Balaban J connectivity index is 1.66. The van der Waals surface area contributed by atoms with Crippen LogP contribution in [0.25, 0.3) is 22.4 Å². The van der Waals surface area contributed by atoms with Gasteiger partial charge in [0, 0.05) is 23.3 Å². The van der Waals surface area contributed by atoms with Gasteiger partial charge in [-0.15, -0.1) is 0 Å². The molecule has 0 aliphatic heterocycles. The predicted molar refractivity (Wildman–Crippen MR) is 103 cm³/mol. The van der Waals surface area contributed by atoms with Gasteiger partial charge in [0.25, 0.3) is 0 Å². The third-order valence-corrected chi connectivity index (χ3v) is 5.29. The van der Waals surface area contributed by atoms with Crippen LogP contribution in [0.3, 0.4) is 0 Å². The van der Waals surface area contributed by atoms with Crippen LogP contribution in [-0.2, 0) is 4.79 Å². The van der Waals surface area contributed by atoms with E-state index in [4.69, 9.17) is 0 Å². The summed E-state index contributed by atoms with van der Waals surface area (Å²) in [7, 11) is 0. The Morgan fingerprint density at radius 1 is 1.16 bits per heavy atom. The topological polar surface area (TPSA) is 108 Å². The molecule has 1 aliphatic rings. The van der Waals surface area contributed by atoms with Crippen molar-refractivity contribution in [3.8, 4) is 11.4 Å². The second-order valence-electron chi connectivity index (χ2n) is 7.44. The Morgan fingerprint density at radius 2 is 1.94 bits per heavy atom. The fraction of sp³-hybridized carbons (Fsp3) is 0.421. The van der Waals surface area contributed by atoms with Crippen molar-refractivity contribution in [1.29, 1.82) is 0 Å². The summed E-state index contributed by atoms with van der Waals surface area (Å²) < 4.78 is 52.4. The minimum atomic E-state index is -4.55. The van der Waals surface area contributed by atoms with Crippen LogP contribution in [0, 0.1) is 5.82 Å². The number of amides is 1. The quantitative estimate of drug-likeness (QED) is 0.529. The number of carbonyl (C=O) groups excluding carboxylic acids is 1. The van der Waals surface area contributed by atoms with Gasteiger partial charge in [-0.3, -0.25) is 4.79 Å². The van der Waals surface area contributed by atoms with E-state index in [1.54, 1.807) is 12.4 Å². The number of rotatable bonds is 5. The van der Waals surface area contributed by atoms with E-state index in [0.29, 0.717) is 29.4 Å². The van der Waals surface area contributed by atoms with Crippen LogP contribution in [0.15, 0.2) is 24.9 Å². The number of aromatic nitrogens is 5. The number of hydrogen-bond donors (Lipinski definition) is 3. The Morgan fingerprint density at radius 3 is 2.68 bits per heavy atom. The molecule has 8 nitrogen and oxygen atoms in total. The maximum atomic E-state index is 14.6. The number of nitrogens with one attached hydrogen (secondary N) is 3. The third kappa shape index (κ3) is 4.42. The highest BCUT2D eigenvalue weighted by Gasteiger charge is 2.42. The second-order valence-corrected chi connectivity index (χ2v) is 7.44. The van der Waals surface area contributed by atoms with Crippen molar-refractivity contribution < 1.29 is 22.4 Å². The maximum absolute atomic E-state index is 14.6. The van der Waals surface area contributed by atoms with Crippen LogP contribution in [-0.4, -0.2) is 49.1 Å². The molecule has 0 spiro atoms. The fourth-order valence-corrected chi connectivity index (χ4v) is 3.77. The molecule has 31 heavy (non-hydrogen) atoms. The van der Waals surface area contributed by atoms with Crippen LogP contribution in [0.1, 0.15) is 32.1 Å². The van der Waals surface area contributed by atoms with E-state index in [1.807, 2.05) is 5.32 Å². The Hall–Kier alpha value is -3.31. The van der Waals surface area contributed by atoms with E-state index in [0.717, 1.165) is 12.6 Å². The van der Waals surface area contributed by atoms with Crippen LogP contribution in [0.4, 0.5) is 23.4 Å². The summed E-state index contributed by atoms with van der Waals surface area (Å²) in [5, 5.41) is 5.35. The van der Waals surface area contributed by atoms with E-state index in [9.17, 15) is 22.4 Å². The SMILES string of the molecule is O=C(NCC(F)(F)F)C1(Nc2nc(-c3c[nH]c4ncncc34)ncc2F)CCCCC1. The third-order valence-electron chi connectivity index (χ3n) is 5.29. The molecule has 0 bridgehead atoms. The summed E-state index contributed by atoms with van der Waals surface area (Å²) in [5.74, 6) is -1.73. The summed E-state index contributed by atoms with van der Waals surface area (Å²) in [6.07, 6.45) is 3.53. The minimum Gasteiger partial charge on any atom is -0.353 e. The number of aromatic amines is 1. The first-order valence-electron chi connectivity index (χ1n) is 9.71. The smallest absolute Gasteiger partial charge is 0.353 e. The largest absolute Gasteiger partial charge is 0.405 e. The molecular formula is C19H19F4N7O. The number of hydrogen-bond acceptors (Lipinski definition) is 6. The van der Waals surface area contributed by atoms with Crippen molar-refractivity contribution in [2.75, 3.05) is 11.9 Å². The molecule has 3 aromatic rings. The average molecular weight is 437 g/mol. The normalized spacial score (nSPS) is 16.3. The highest BCUT2D eigenvalue weighted by Crippen LogP contribution is 2.33. The number of alkyl halides is 3. The minimum absolute atomic E-state index is 0.159. The lowest BCUT2D eigenvalue weighted by Crippen LogP contribution is -2.55. The van der Waals surface area contributed by atoms with Crippen molar-refractivity contribution in [2.24, 2.45) is 0 Å². The molecule has 0 saturated heterocycles. The number of H-pyrrole nitrogens is 1. The van der Waals surface area contributed by atoms with Crippen molar-refractivity contribution in [2.45, 2.75) is 43.8 Å². The van der Waals surface area contributed by atoms with E-state index in [-0.39, 0.29) is 24.5 Å². The first-order chi connectivity index (χ1) is 14.8. The van der Waals surface area contributed by atoms with Crippen molar-refractivity contribution in [3.63, 3.8) is 0 Å². The van der Waals surface area contributed by atoms with Gasteiger partial charge in [0.1, 0.15) is 24.1 Å². The molecule has 1 amide bonds. The first kappa shape index (κ1) is 20.9. The van der Waals surface area contributed by atoms with E-state index < -0.39 is 30.0 Å².